The van der Waals surface area contributed by atoms with E-state index in [0.717, 1.165) is 47.5 Å². The Morgan fingerprint density at radius 3 is 1.47 bits per heavy atom. The van der Waals surface area contributed by atoms with Gasteiger partial charge < -0.3 is 5.11 Å². The van der Waals surface area contributed by atoms with E-state index in [9.17, 15) is 57.0 Å². The highest BCUT2D eigenvalue weighted by Crippen LogP contribution is 2.42. The van der Waals surface area contributed by atoms with Gasteiger partial charge in [-0.1, -0.05) is 24.3 Å². The fraction of sp³-hybridized carbons (Fsp3) is 0.0588. The number of fused-ring (bicyclic) bond motifs is 2. The maximum Gasteiger partial charge on any atom is 0.295 e. The molecule has 0 spiro atoms. The Hall–Kier alpha value is -5.52. The van der Waals surface area contributed by atoms with Crippen molar-refractivity contribution < 1.29 is 57.0 Å². The number of phenolic OH excluding ortho intramolecular Hbond substituents is 1. The van der Waals surface area contributed by atoms with Gasteiger partial charge in [0.15, 0.2) is 0 Å². The molecule has 21 heteroatoms. The zero-order chi connectivity index (χ0) is 40.2. The van der Waals surface area contributed by atoms with Crippen LogP contribution < -0.4 is 0 Å². The number of azo groups is 2. The molecule has 0 fully saturated rings. The lowest BCUT2D eigenvalue weighted by Gasteiger charge is -2.11. The first kappa shape index (κ1) is 39.2. The minimum Gasteiger partial charge on any atom is -0.506 e. The van der Waals surface area contributed by atoms with Crippen molar-refractivity contribution in [2.24, 2.45) is 20.5 Å². The van der Waals surface area contributed by atoms with E-state index in [2.05, 4.69) is 20.5 Å². The molecule has 0 atom stereocenters. The van der Waals surface area contributed by atoms with E-state index in [0.29, 0.717) is 28.6 Å². The van der Waals surface area contributed by atoms with Crippen molar-refractivity contribution in [2.45, 2.75) is 33.4 Å². The first-order valence-corrected chi connectivity index (χ1v) is 21.1. The van der Waals surface area contributed by atoms with Gasteiger partial charge in [-0.2, -0.15) is 43.9 Å². The molecule has 0 saturated carbocycles. The summed E-state index contributed by atoms with van der Waals surface area (Å²) in [4.78, 5) is -2.80. The summed E-state index contributed by atoms with van der Waals surface area (Å²) in [6.07, 6.45) is 0. The largest absolute Gasteiger partial charge is 0.506 e. The molecule has 6 rings (SSSR count). The third-order valence-electron chi connectivity index (χ3n) is 8.30. The zero-order valence-corrected chi connectivity index (χ0v) is 31.4. The van der Waals surface area contributed by atoms with Crippen molar-refractivity contribution in [1.29, 1.82) is 0 Å². The van der Waals surface area contributed by atoms with Crippen LogP contribution in [-0.4, -0.2) is 57.0 Å². The average molecular weight is 827 g/mol. The molecule has 55 heavy (non-hydrogen) atoms. The number of nitrogens with zero attached hydrogens (tertiary/aromatic N) is 4. The van der Waals surface area contributed by atoms with Gasteiger partial charge in [-0.25, -0.2) is 0 Å². The number of benzene rings is 6. The second-order valence-electron chi connectivity index (χ2n) is 12.1. The minimum atomic E-state index is -5.08. The smallest absolute Gasteiger partial charge is 0.295 e. The lowest BCUT2D eigenvalue weighted by atomic mass is 10.0. The molecule has 0 aliphatic heterocycles. The molecule has 0 heterocycles. The molecule has 0 bridgehead atoms. The summed E-state index contributed by atoms with van der Waals surface area (Å²) in [6.45, 7) is 3.46. The summed E-state index contributed by atoms with van der Waals surface area (Å²) >= 11 is 0. The monoisotopic (exact) mass is 826 g/mol. The molecule has 0 aliphatic carbocycles. The number of hydrogen-bond donors (Lipinski definition) is 5. The van der Waals surface area contributed by atoms with Gasteiger partial charge in [-0.15, -0.1) is 10.2 Å². The first-order chi connectivity index (χ1) is 25.5. The topological polar surface area (TPSA) is 287 Å². The van der Waals surface area contributed by atoms with Crippen LogP contribution >= 0.6 is 0 Å². The fourth-order valence-corrected chi connectivity index (χ4v) is 8.04. The van der Waals surface area contributed by atoms with E-state index in [-0.39, 0.29) is 27.2 Å². The van der Waals surface area contributed by atoms with Crippen molar-refractivity contribution in [3.63, 3.8) is 0 Å². The SMILES string of the molecule is Cc1cc(-c2ccc(N=Nc3c(O)ccc4cc(S(=O)(=O)O)cc(S(=O)(=O)O)c34)c(C)c2)ccc1N=Nc1cc(S(=O)(=O)O)cc2cc(S(=O)(=O)O)ccc12. The molecule has 0 saturated heterocycles. The highest BCUT2D eigenvalue weighted by atomic mass is 32.2. The molecule has 6 aromatic carbocycles. The van der Waals surface area contributed by atoms with Gasteiger partial charge in [0.1, 0.15) is 16.3 Å². The van der Waals surface area contributed by atoms with Gasteiger partial charge in [0.2, 0.25) is 0 Å². The third kappa shape index (κ3) is 8.28. The molecule has 0 radical (unpaired) electrons. The molecule has 6 aromatic rings. The predicted molar refractivity (Wildman–Crippen MR) is 199 cm³/mol. The number of phenols is 1. The normalized spacial score (nSPS) is 13.1. The quantitative estimate of drug-likeness (QED) is 0.0687. The number of aryl methyl sites for hydroxylation is 2. The Bertz CT molecular complexity index is 3130. The van der Waals surface area contributed by atoms with Crippen LogP contribution in [0.5, 0.6) is 5.75 Å². The fourth-order valence-electron chi connectivity index (χ4n) is 5.62. The molecule has 284 valence electrons. The van der Waals surface area contributed by atoms with Crippen molar-refractivity contribution in [1.82, 2.24) is 0 Å². The Labute approximate surface area is 313 Å². The Morgan fingerprint density at radius 2 is 0.945 bits per heavy atom. The predicted octanol–water partition coefficient (Wildman–Crippen LogP) is 7.80. The molecular weight excluding hydrogens is 801 g/mol. The molecule has 5 N–H and O–H groups in total. The molecule has 0 unspecified atom stereocenters. The third-order valence-corrected chi connectivity index (χ3v) is 11.7. The van der Waals surface area contributed by atoms with Gasteiger partial charge in [-0.3, -0.25) is 18.2 Å². The maximum atomic E-state index is 12.2. The molecule has 0 aromatic heterocycles. The number of rotatable bonds is 9. The second kappa shape index (κ2) is 14.0. The van der Waals surface area contributed by atoms with Crippen LogP contribution in [0.2, 0.25) is 0 Å². The summed E-state index contributed by atoms with van der Waals surface area (Å²) in [5.41, 5.74) is 2.98. The van der Waals surface area contributed by atoms with Crippen LogP contribution in [-0.2, 0) is 40.5 Å². The van der Waals surface area contributed by atoms with Gasteiger partial charge in [-0.05, 0) is 114 Å². The highest BCUT2D eigenvalue weighted by molar-refractivity contribution is 7.87. The van der Waals surface area contributed by atoms with E-state index < -0.39 is 71.5 Å². The van der Waals surface area contributed by atoms with Gasteiger partial charge >= 0.3 is 0 Å². The highest BCUT2D eigenvalue weighted by Gasteiger charge is 2.24. The van der Waals surface area contributed by atoms with Gasteiger partial charge in [0.05, 0.1) is 31.7 Å². The van der Waals surface area contributed by atoms with Gasteiger partial charge in [0, 0.05) is 10.8 Å². The van der Waals surface area contributed by atoms with Crippen molar-refractivity contribution in [3.05, 3.63) is 102 Å². The lowest BCUT2D eigenvalue weighted by molar-refractivity contribution is 0.476. The molecular formula is C34H26N4O13S4. The van der Waals surface area contributed by atoms with E-state index >= 15 is 0 Å². The van der Waals surface area contributed by atoms with E-state index in [1.54, 1.807) is 50.2 Å². The summed E-state index contributed by atoms with van der Waals surface area (Å²) in [5, 5.41) is 27.1. The Kier molecular flexibility index (Phi) is 9.95. The van der Waals surface area contributed by atoms with E-state index in [4.69, 9.17) is 0 Å². The summed E-state index contributed by atoms with van der Waals surface area (Å²) in [6, 6.07) is 19.6. The Balaban J connectivity index is 1.32. The first-order valence-electron chi connectivity index (χ1n) is 15.3. The molecule has 0 amide bonds. The van der Waals surface area contributed by atoms with Gasteiger partial charge in [0.25, 0.3) is 40.5 Å². The molecule has 17 nitrogen and oxygen atoms in total. The Morgan fingerprint density at radius 1 is 0.455 bits per heavy atom. The maximum absolute atomic E-state index is 12.2. The number of aromatic hydroxyl groups is 1. The van der Waals surface area contributed by atoms with Crippen molar-refractivity contribution >= 4 is 84.8 Å². The molecule has 0 aliphatic rings. The van der Waals surface area contributed by atoms with Crippen LogP contribution in [0, 0.1) is 13.8 Å². The van der Waals surface area contributed by atoms with Crippen LogP contribution in [0.3, 0.4) is 0 Å². The van der Waals surface area contributed by atoms with Crippen LogP contribution in [0.15, 0.2) is 131 Å². The van der Waals surface area contributed by atoms with Crippen LogP contribution in [0.4, 0.5) is 22.7 Å². The zero-order valence-electron chi connectivity index (χ0n) is 28.1. The van der Waals surface area contributed by atoms with Crippen LogP contribution in [0.25, 0.3) is 32.7 Å². The standard InChI is InChI=1S/C34H26N4O13S4/c1-18-11-20(3-8-28(18)35-37-30-16-25(53(43,44)45)15-23-14-24(52(40,41)42)6-7-27(23)30)21-4-9-29(19(2)12-21)36-38-34-31(39)10-5-22-13-26(54(46,47)48)17-32(33(22)34)55(49,50)51/h3-17,39H,1-2H3,(H,40,41,42)(H,43,44,45)(H,46,47,48)(H,49,50,51). The van der Waals surface area contributed by atoms with Crippen molar-refractivity contribution in [2.75, 3.05) is 0 Å². The summed E-state index contributed by atoms with van der Waals surface area (Å²) in [5.74, 6) is -0.534. The number of hydrogen-bond acceptors (Lipinski definition) is 13. The second-order valence-corrected chi connectivity index (χ2v) is 17.7. The average Bonchev–Trinajstić information content (AvgIpc) is 3.08. The van der Waals surface area contributed by atoms with E-state index in [1.807, 2.05) is 0 Å². The lowest BCUT2D eigenvalue weighted by Crippen LogP contribution is -2.04. The minimum absolute atomic E-state index is 0.00949. The van der Waals surface area contributed by atoms with E-state index in [1.165, 1.54) is 12.1 Å². The summed E-state index contributed by atoms with van der Waals surface area (Å²) < 4.78 is 134. The van der Waals surface area contributed by atoms with Crippen LogP contribution in [0.1, 0.15) is 11.1 Å². The van der Waals surface area contributed by atoms with Crippen molar-refractivity contribution in [3.8, 4) is 16.9 Å². The summed E-state index contributed by atoms with van der Waals surface area (Å²) in [7, 11) is -19.3.